The topological polar surface area (TPSA) is 87.2 Å². The fourth-order valence-electron chi connectivity index (χ4n) is 1.71. The fourth-order valence-corrected chi connectivity index (χ4v) is 1.71. The van der Waals surface area contributed by atoms with Crippen molar-refractivity contribution in [2.45, 2.75) is 25.0 Å². The van der Waals surface area contributed by atoms with Crippen molar-refractivity contribution in [2.24, 2.45) is 0 Å². The lowest BCUT2D eigenvalue weighted by molar-refractivity contribution is -0.0176. The Balaban J connectivity index is 1.99. The summed E-state index contributed by atoms with van der Waals surface area (Å²) in [5.41, 5.74) is -1.11. The van der Waals surface area contributed by atoms with Crippen molar-refractivity contribution >= 4 is 5.82 Å². The highest BCUT2D eigenvalue weighted by atomic mass is 16.5. The molecule has 1 aliphatic heterocycles. The third-order valence-electron chi connectivity index (χ3n) is 2.91. The van der Waals surface area contributed by atoms with E-state index in [0.717, 1.165) is 0 Å². The number of hydrogen-bond donors (Lipinski definition) is 3. The zero-order valence-corrected chi connectivity index (χ0v) is 9.06. The van der Waals surface area contributed by atoms with E-state index in [1.54, 1.807) is 0 Å². The lowest BCUT2D eigenvalue weighted by Crippen LogP contribution is -2.43. The summed E-state index contributed by atoms with van der Waals surface area (Å²) in [6.07, 6.45) is 1.70. The molecule has 2 heterocycles. The van der Waals surface area contributed by atoms with Crippen molar-refractivity contribution in [3.63, 3.8) is 0 Å². The van der Waals surface area contributed by atoms with E-state index in [-0.39, 0.29) is 11.7 Å². The van der Waals surface area contributed by atoms with Gasteiger partial charge in [0.1, 0.15) is 11.4 Å². The summed E-state index contributed by atoms with van der Waals surface area (Å²) in [7, 11) is 0. The zero-order valence-electron chi connectivity index (χ0n) is 9.06. The second kappa shape index (κ2) is 4.23. The van der Waals surface area contributed by atoms with E-state index in [2.05, 4.69) is 15.3 Å². The van der Waals surface area contributed by atoms with Gasteiger partial charge in [-0.25, -0.2) is 4.98 Å². The van der Waals surface area contributed by atoms with E-state index in [9.17, 15) is 9.90 Å². The Labute approximate surface area is 92.7 Å². The molecule has 2 rings (SSSR count). The quantitative estimate of drug-likeness (QED) is 0.658. The minimum Gasteiger partial charge on any atom is -0.385 e. The normalized spacial score (nSPS) is 29.2. The van der Waals surface area contributed by atoms with Gasteiger partial charge < -0.3 is 20.1 Å². The van der Waals surface area contributed by atoms with Gasteiger partial charge in [0.2, 0.25) is 0 Å². The summed E-state index contributed by atoms with van der Waals surface area (Å²) in [5.74, 6) is 0.455. The number of H-pyrrole nitrogens is 1. The van der Waals surface area contributed by atoms with Crippen LogP contribution >= 0.6 is 0 Å². The summed E-state index contributed by atoms with van der Waals surface area (Å²) in [5, 5.41) is 13.1. The van der Waals surface area contributed by atoms with Crippen molar-refractivity contribution in [1.29, 1.82) is 0 Å². The van der Waals surface area contributed by atoms with Crippen LogP contribution in [0.4, 0.5) is 5.82 Å². The summed E-state index contributed by atoms with van der Waals surface area (Å²) in [6.45, 7) is 2.71. The van der Waals surface area contributed by atoms with Crippen LogP contribution in [0.3, 0.4) is 0 Å². The molecule has 0 aromatic carbocycles. The molecule has 2 unspecified atom stereocenters. The number of anilines is 1. The molecule has 88 valence electrons. The van der Waals surface area contributed by atoms with E-state index >= 15 is 0 Å². The van der Waals surface area contributed by atoms with Crippen LogP contribution in [0, 0.1) is 0 Å². The predicted octanol–water partition coefficient (Wildman–Crippen LogP) is -0.278. The Bertz CT molecular complexity index is 420. The van der Waals surface area contributed by atoms with Crippen molar-refractivity contribution < 1.29 is 9.84 Å². The highest BCUT2D eigenvalue weighted by Gasteiger charge is 2.39. The maximum Gasteiger partial charge on any atom is 0.252 e. The number of aromatic amines is 1. The number of nitrogens with one attached hydrogen (secondary N) is 2. The van der Waals surface area contributed by atoms with Crippen LogP contribution in [0.5, 0.6) is 0 Å². The third-order valence-corrected chi connectivity index (χ3v) is 2.91. The summed E-state index contributed by atoms with van der Waals surface area (Å²) >= 11 is 0. The van der Waals surface area contributed by atoms with Crippen molar-refractivity contribution in [1.82, 2.24) is 9.97 Å². The van der Waals surface area contributed by atoms with Crippen LogP contribution in [-0.2, 0) is 4.74 Å². The number of ether oxygens (including phenoxy) is 1. The Morgan fingerprint density at radius 3 is 3.25 bits per heavy atom. The maximum atomic E-state index is 11.0. The average Bonchev–Trinajstić information content (AvgIpc) is 2.58. The van der Waals surface area contributed by atoms with Gasteiger partial charge in [-0.15, -0.1) is 0 Å². The van der Waals surface area contributed by atoms with Crippen molar-refractivity contribution in [3.8, 4) is 0 Å². The van der Waals surface area contributed by atoms with Gasteiger partial charge in [0.25, 0.3) is 5.56 Å². The first-order valence-corrected chi connectivity index (χ1v) is 5.23. The van der Waals surface area contributed by atoms with Gasteiger partial charge >= 0.3 is 0 Å². The molecule has 6 nitrogen and oxygen atoms in total. The van der Waals surface area contributed by atoms with Crippen molar-refractivity contribution in [2.75, 3.05) is 18.5 Å². The van der Waals surface area contributed by atoms with Crippen LogP contribution in [0.25, 0.3) is 0 Å². The molecule has 3 N–H and O–H groups in total. The number of aliphatic hydroxyl groups is 1. The summed E-state index contributed by atoms with van der Waals surface area (Å²) in [6, 6.07) is 1.35. The smallest absolute Gasteiger partial charge is 0.252 e. The largest absolute Gasteiger partial charge is 0.385 e. The van der Waals surface area contributed by atoms with Crippen LogP contribution in [0.15, 0.2) is 17.2 Å². The molecule has 0 saturated carbocycles. The molecule has 1 aromatic heterocycles. The van der Waals surface area contributed by atoms with E-state index in [1.807, 2.05) is 6.92 Å². The number of hydrogen-bond acceptors (Lipinski definition) is 5. The molecule has 0 amide bonds. The molecule has 1 aliphatic rings. The Kier molecular flexibility index (Phi) is 2.93. The van der Waals surface area contributed by atoms with Crippen LogP contribution in [0.2, 0.25) is 0 Å². The van der Waals surface area contributed by atoms with E-state index in [4.69, 9.17) is 4.74 Å². The molecule has 2 atom stereocenters. The highest BCUT2D eigenvalue weighted by Crippen LogP contribution is 2.25. The zero-order chi connectivity index (χ0) is 11.6. The maximum absolute atomic E-state index is 11.0. The first-order valence-electron chi connectivity index (χ1n) is 5.23. The molecule has 0 spiro atoms. The molecular formula is C10H15N3O3. The standard InChI is InChI=1S/C10H15N3O3/c1-7-10(15,2-3-16-7)5-11-8-4-9(14)13-6-12-8/h4,6-7,15H,2-3,5H2,1H3,(H2,11,12,13,14). The van der Waals surface area contributed by atoms with Gasteiger partial charge in [-0.05, 0) is 6.92 Å². The highest BCUT2D eigenvalue weighted by molar-refractivity contribution is 5.32. The van der Waals surface area contributed by atoms with Gasteiger partial charge in [-0.2, -0.15) is 0 Å². The molecule has 6 heteroatoms. The van der Waals surface area contributed by atoms with Crippen LogP contribution in [-0.4, -0.2) is 39.9 Å². The van der Waals surface area contributed by atoms with Crippen LogP contribution in [0.1, 0.15) is 13.3 Å². The number of nitrogens with zero attached hydrogens (tertiary/aromatic N) is 1. The monoisotopic (exact) mass is 225 g/mol. The van der Waals surface area contributed by atoms with Gasteiger partial charge in [0.05, 0.1) is 12.4 Å². The third kappa shape index (κ3) is 2.23. The molecule has 16 heavy (non-hydrogen) atoms. The predicted molar refractivity (Wildman–Crippen MR) is 58.3 cm³/mol. The first kappa shape index (κ1) is 11.1. The summed E-state index contributed by atoms with van der Waals surface area (Å²) < 4.78 is 5.30. The number of rotatable bonds is 3. The molecule has 1 fully saturated rings. The van der Waals surface area contributed by atoms with E-state index in [0.29, 0.717) is 25.4 Å². The Hall–Kier alpha value is -1.40. The van der Waals surface area contributed by atoms with E-state index in [1.165, 1.54) is 12.4 Å². The SMILES string of the molecule is CC1OCCC1(O)CNc1cc(=O)[nH]cn1. The van der Waals surface area contributed by atoms with Gasteiger partial charge in [-0.3, -0.25) is 4.79 Å². The van der Waals surface area contributed by atoms with E-state index < -0.39 is 5.60 Å². The molecule has 0 bridgehead atoms. The first-order chi connectivity index (χ1) is 7.60. The molecule has 1 saturated heterocycles. The molecule has 1 aromatic rings. The molecule has 0 aliphatic carbocycles. The molecule has 0 radical (unpaired) electrons. The van der Waals surface area contributed by atoms with Crippen LogP contribution < -0.4 is 10.9 Å². The second-order valence-corrected chi connectivity index (χ2v) is 4.02. The lowest BCUT2D eigenvalue weighted by Gasteiger charge is -2.26. The minimum absolute atomic E-state index is 0.206. The minimum atomic E-state index is -0.885. The Morgan fingerprint density at radius 1 is 1.81 bits per heavy atom. The van der Waals surface area contributed by atoms with Gasteiger partial charge in [0.15, 0.2) is 0 Å². The Morgan fingerprint density at radius 2 is 2.62 bits per heavy atom. The molecular weight excluding hydrogens is 210 g/mol. The van der Waals surface area contributed by atoms with Crippen molar-refractivity contribution in [3.05, 3.63) is 22.7 Å². The number of aromatic nitrogens is 2. The van der Waals surface area contributed by atoms with Gasteiger partial charge in [0, 0.05) is 25.6 Å². The fraction of sp³-hybridized carbons (Fsp3) is 0.600. The average molecular weight is 225 g/mol. The second-order valence-electron chi connectivity index (χ2n) is 4.02. The van der Waals surface area contributed by atoms with Gasteiger partial charge in [-0.1, -0.05) is 0 Å². The summed E-state index contributed by atoms with van der Waals surface area (Å²) in [4.78, 5) is 17.4. The lowest BCUT2D eigenvalue weighted by atomic mass is 9.97.